The van der Waals surface area contributed by atoms with Crippen LogP contribution in [-0.2, 0) is 21.1 Å². The maximum absolute atomic E-state index is 14.5. The van der Waals surface area contributed by atoms with Gasteiger partial charge in [0, 0.05) is 45.3 Å². The van der Waals surface area contributed by atoms with Crippen molar-refractivity contribution in [1.82, 2.24) is 29.0 Å². The van der Waals surface area contributed by atoms with Crippen molar-refractivity contribution >= 4 is 16.9 Å². The second-order valence-electron chi connectivity index (χ2n) is 7.13. The van der Waals surface area contributed by atoms with E-state index in [0.717, 1.165) is 4.57 Å². The summed E-state index contributed by atoms with van der Waals surface area (Å²) < 4.78 is 18.4. The quantitative estimate of drug-likeness (QED) is 0.529. The Morgan fingerprint density at radius 2 is 1.84 bits per heavy atom. The van der Waals surface area contributed by atoms with E-state index < -0.39 is 29.0 Å². The molecule has 0 spiro atoms. The number of aryl methyl sites for hydroxylation is 2. The highest BCUT2D eigenvalue weighted by Crippen LogP contribution is 2.23. The number of pyridine rings is 1. The van der Waals surface area contributed by atoms with Crippen LogP contribution in [0.5, 0.6) is 0 Å². The van der Waals surface area contributed by atoms with Crippen molar-refractivity contribution in [1.29, 1.82) is 0 Å². The number of benzene rings is 1. The van der Waals surface area contributed by atoms with E-state index in [1.54, 1.807) is 42.2 Å². The number of amides is 1. The third-order valence-corrected chi connectivity index (χ3v) is 5.16. The summed E-state index contributed by atoms with van der Waals surface area (Å²) in [5.74, 6) is -0.622. The molecule has 3 heterocycles. The van der Waals surface area contributed by atoms with Gasteiger partial charge in [0.15, 0.2) is 0 Å². The molecule has 9 nitrogen and oxygen atoms in total. The monoisotopic (exact) mass is 422 g/mol. The second kappa shape index (κ2) is 7.63. The van der Waals surface area contributed by atoms with Crippen LogP contribution in [0.3, 0.4) is 0 Å². The van der Waals surface area contributed by atoms with Crippen LogP contribution < -0.4 is 16.6 Å². The van der Waals surface area contributed by atoms with Crippen LogP contribution in [0.15, 0.2) is 58.5 Å². The van der Waals surface area contributed by atoms with E-state index >= 15 is 0 Å². The summed E-state index contributed by atoms with van der Waals surface area (Å²) in [5, 5.41) is 2.90. The minimum atomic E-state index is -0.868. The first-order chi connectivity index (χ1) is 14.8. The maximum Gasteiger partial charge on any atom is 0.332 e. The number of carbonyl (C=O) groups excluding carboxylic acids is 1. The molecule has 10 heteroatoms. The van der Waals surface area contributed by atoms with Crippen LogP contribution in [0.1, 0.15) is 27.8 Å². The molecule has 1 aromatic carbocycles. The summed E-state index contributed by atoms with van der Waals surface area (Å²) in [6.45, 7) is 0. The zero-order valence-electron chi connectivity index (χ0n) is 17.0. The molecule has 158 valence electrons. The molecule has 4 rings (SSSR count). The first-order valence-corrected chi connectivity index (χ1v) is 9.38. The number of hydrogen-bond acceptors (Lipinski definition) is 5. The number of halogens is 1. The van der Waals surface area contributed by atoms with Crippen molar-refractivity contribution in [3.8, 4) is 0 Å². The second-order valence-corrected chi connectivity index (χ2v) is 7.13. The number of hydrogen-bond donors (Lipinski definition) is 1. The van der Waals surface area contributed by atoms with Crippen molar-refractivity contribution in [3.63, 3.8) is 0 Å². The van der Waals surface area contributed by atoms with Crippen LogP contribution in [0.2, 0.25) is 0 Å². The summed E-state index contributed by atoms with van der Waals surface area (Å²) in [4.78, 5) is 46.0. The molecule has 0 fully saturated rings. The summed E-state index contributed by atoms with van der Waals surface area (Å²) in [7, 11) is 4.59. The van der Waals surface area contributed by atoms with Crippen molar-refractivity contribution in [2.24, 2.45) is 21.1 Å². The lowest BCUT2D eigenvalue weighted by Gasteiger charge is -2.20. The first kappa shape index (κ1) is 20.2. The summed E-state index contributed by atoms with van der Waals surface area (Å²) >= 11 is 0. The van der Waals surface area contributed by atoms with E-state index in [2.05, 4.69) is 15.3 Å². The lowest BCUT2D eigenvalue weighted by molar-refractivity contribution is 0.0940. The lowest BCUT2D eigenvalue weighted by Crippen LogP contribution is -2.37. The number of rotatable bonds is 4. The number of aromatic nitrogens is 5. The minimum Gasteiger partial charge on any atom is -0.338 e. The Morgan fingerprint density at radius 3 is 2.52 bits per heavy atom. The predicted octanol–water partition coefficient (Wildman–Crippen LogP) is 1.02. The zero-order chi connectivity index (χ0) is 22.3. The molecule has 1 N–H and O–H groups in total. The molecule has 0 saturated carbocycles. The van der Waals surface area contributed by atoms with Gasteiger partial charge in [-0.05, 0) is 12.1 Å². The molecule has 0 aliphatic carbocycles. The van der Waals surface area contributed by atoms with Crippen molar-refractivity contribution < 1.29 is 9.18 Å². The average molecular weight is 422 g/mol. The van der Waals surface area contributed by atoms with Gasteiger partial charge in [-0.25, -0.2) is 19.2 Å². The summed E-state index contributed by atoms with van der Waals surface area (Å²) in [6.07, 6.45) is 4.52. The minimum absolute atomic E-state index is 0.0961. The molecule has 0 aliphatic heterocycles. The van der Waals surface area contributed by atoms with Crippen molar-refractivity contribution in [2.45, 2.75) is 6.04 Å². The van der Waals surface area contributed by atoms with Crippen LogP contribution in [-0.4, -0.2) is 29.6 Å². The SMILES string of the molecule is Cn1ccnc1[C@H](NC(=O)c1cnc2c(c1)c(=O)n(C)c(=O)n2C)c1ccccc1F. The number of imidazole rings is 1. The maximum atomic E-state index is 14.5. The Balaban J connectivity index is 1.79. The van der Waals surface area contributed by atoms with Crippen LogP contribution in [0, 0.1) is 5.82 Å². The molecule has 0 unspecified atom stereocenters. The van der Waals surface area contributed by atoms with Crippen molar-refractivity contribution in [3.05, 3.63) is 92.5 Å². The normalized spacial score (nSPS) is 12.1. The fourth-order valence-corrected chi connectivity index (χ4v) is 3.45. The van der Waals surface area contributed by atoms with Gasteiger partial charge in [0.25, 0.3) is 11.5 Å². The van der Waals surface area contributed by atoms with Crippen LogP contribution >= 0.6 is 0 Å². The van der Waals surface area contributed by atoms with Gasteiger partial charge in [-0.2, -0.15) is 0 Å². The zero-order valence-corrected chi connectivity index (χ0v) is 17.0. The average Bonchev–Trinajstić information content (AvgIpc) is 3.20. The van der Waals surface area contributed by atoms with Gasteiger partial charge in [0.1, 0.15) is 23.3 Å². The van der Waals surface area contributed by atoms with E-state index in [0.29, 0.717) is 5.82 Å². The van der Waals surface area contributed by atoms with Gasteiger partial charge in [0.05, 0.1) is 10.9 Å². The molecule has 3 aromatic heterocycles. The topological polar surface area (TPSA) is 104 Å². The highest BCUT2D eigenvalue weighted by Gasteiger charge is 2.24. The van der Waals surface area contributed by atoms with Crippen molar-refractivity contribution in [2.75, 3.05) is 0 Å². The Bertz CT molecular complexity index is 1440. The molecule has 4 aromatic rings. The molecular formula is C21H19FN6O3. The molecule has 1 amide bonds. The molecule has 0 bridgehead atoms. The van der Waals surface area contributed by atoms with Crippen LogP contribution in [0.4, 0.5) is 4.39 Å². The fraction of sp³-hybridized carbons (Fsp3) is 0.190. The summed E-state index contributed by atoms with van der Waals surface area (Å²) in [6, 6.07) is 6.60. The van der Waals surface area contributed by atoms with E-state index in [4.69, 9.17) is 0 Å². The van der Waals surface area contributed by atoms with Gasteiger partial charge in [-0.1, -0.05) is 18.2 Å². The van der Waals surface area contributed by atoms with Gasteiger partial charge < -0.3 is 9.88 Å². The molecule has 1 atom stereocenters. The summed E-state index contributed by atoms with van der Waals surface area (Å²) in [5.41, 5.74) is -0.568. The molecule has 31 heavy (non-hydrogen) atoms. The smallest absolute Gasteiger partial charge is 0.332 e. The van der Waals surface area contributed by atoms with E-state index in [-0.39, 0.29) is 22.2 Å². The first-order valence-electron chi connectivity index (χ1n) is 9.38. The molecular weight excluding hydrogens is 403 g/mol. The highest BCUT2D eigenvalue weighted by molar-refractivity contribution is 5.97. The van der Waals surface area contributed by atoms with E-state index in [9.17, 15) is 18.8 Å². The van der Waals surface area contributed by atoms with Gasteiger partial charge in [-0.15, -0.1) is 0 Å². The Labute approximate surface area is 175 Å². The standard InChI is InChI=1S/C21H19FN6O3/c1-26-9-8-23-18(26)16(13-6-4-5-7-15(13)22)25-19(29)12-10-14-17(24-11-12)27(2)21(31)28(3)20(14)30/h4-11,16H,1-3H3,(H,25,29)/t16-/m1/s1. The fourth-order valence-electron chi connectivity index (χ4n) is 3.45. The van der Waals surface area contributed by atoms with Gasteiger partial charge in [0.2, 0.25) is 0 Å². The van der Waals surface area contributed by atoms with E-state index in [1.165, 1.54) is 37.0 Å². The van der Waals surface area contributed by atoms with Gasteiger partial charge in [-0.3, -0.25) is 18.7 Å². The molecule has 0 aliphatic rings. The molecule has 0 radical (unpaired) electrons. The Kier molecular flexibility index (Phi) is 4.97. The Morgan fingerprint density at radius 1 is 1.10 bits per heavy atom. The number of nitrogens with zero attached hydrogens (tertiary/aromatic N) is 5. The van der Waals surface area contributed by atoms with Crippen LogP contribution in [0.25, 0.3) is 11.0 Å². The van der Waals surface area contributed by atoms with Gasteiger partial charge >= 0.3 is 5.69 Å². The molecule has 0 saturated heterocycles. The number of nitrogens with one attached hydrogen (secondary N) is 1. The largest absolute Gasteiger partial charge is 0.338 e. The van der Waals surface area contributed by atoms with E-state index in [1.807, 2.05) is 0 Å². The number of fused-ring (bicyclic) bond motifs is 1. The lowest BCUT2D eigenvalue weighted by atomic mass is 10.0. The third-order valence-electron chi connectivity index (χ3n) is 5.16. The third kappa shape index (κ3) is 3.41. The number of carbonyl (C=O) groups is 1. The predicted molar refractivity (Wildman–Crippen MR) is 111 cm³/mol. The highest BCUT2D eigenvalue weighted by atomic mass is 19.1. The Hall–Kier alpha value is -4.08.